The Morgan fingerprint density at radius 1 is 0.824 bits per heavy atom. The summed E-state index contributed by atoms with van der Waals surface area (Å²) >= 11 is 0. The molecule has 0 aliphatic rings. The zero-order valence-electron chi connectivity index (χ0n) is 7.58. The molecular weight excluding hydrogens is 304 g/mol. The minimum absolute atomic E-state index is 1.86. The maximum Gasteiger partial charge on any atom is 0.498 e. The quantitative estimate of drug-likeness (QED) is 0.748. The Hall–Kier alpha value is -0.560. The van der Waals surface area contributed by atoms with Crippen LogP contribution in [0, 0.1) is 0 Å². The zero-order chi connectivity index (χ0) is 14.3. The van der Waals surface area contributed by atoms with Crippen molar-refractivity contribution in [3.63, 3.8) is 0 Å². The number of rotatable bonds is 3. The Morgan fingerprint density at radius 2 is 1.06 bits per heavy atom. The molecule has 0 spiro atoms. The van der Waals surface area contributed by atoms with Crippen molar-refractivity contribution in [1.29, 1.82) is 0 Å². The first kappa shape index (κ1) is 16.4. The van der Waals surface area contributed by atoms with Crippen LogP contribution < -0.4 is 5.73 Å². The average Bonchev–Trinajstić information content (AvgIpc) is 1.99. The van der Waals surface area contributed by atoms with E-state index < -0.39 is 41.8 Å². The van der Waals surface area contributed by atoms with Crippen LogP contribution in [0.25, 0.3) is 0 Å². The Bertz CT molecular complexity index is 429. The van der Waals surface area contributed by atoms with Gasteiger partial charge >= 0.3 is 11.0 Å². The molecule has 0 unspecified atom stereocenters. The maximum absolute atomic E-state index is 11.9. The topological polar surface area (TPSA) is 94.3 Å². The molecule has 0 rings (SSSR count). The fourth-order valence-corrected chi connectivity index (χ4v) is 3.81. The van der Waals surface area contributed by atoms with Crippen LogP contribution in [0.4, 0.5) is 26.3 Å². The molecule has 2 N–H and O–H groups in total. The molecule has 0 aromatic heterocycles. The van der Waals surface area contributed by atoms with Gasteiger partial charge in [0.05, 0.1) is 0 Å². The smallest absolute Gasteiger partial charge is 0.328 e. The average molecular weight is 309 g/mol. The van der Waals surface area contributed by atoms with E-state index in [1.807, 2.05) is 0 Å². The number of halogens is 6. The number of sulfone groups is 2. The van der Waals surface area contributed by atoms with E-state index in [-0.39, 0.29) is 0 Å². The van der Waals surface area contributed by atoms with Gasteiger partial charge in [0.1, 0.15) is 0 Å². The molecule has 0 heterocycles. The lowest BCUT2D eigenvalue weighted by Crippen LogP contribution is -2.48. The van der Waals surface area contributed by atoms with E-state index in [9.17, 15) is 43.2 Å². The number of nitrogens with two attached hydrogens (primary N) is 1. The largest absolute Gasteiger partial charge is 0.498 e. The van der Waals surface area contributed by atoms with Crippen molar-refractivity contribution in [2.24, 2.45) is 5.73 Å². The molecule has 0 aliphatic carbocycles. The summed E-state index contributed by atoms with van der Waals surface area (Å²) in [4.78, 5) is 0. The Balaban J connectivity index is 5.90. The van der Waals surface area contributed by atoms with Crippen molar-refractivity contribution in [2.45, 2.75) is 15.6 Å². The van der Waals surface area contributed by atoms with Gasteiger partial charge in [-0.25, -0.2) is 16.8 Å². The number of hydrogen-bond donors (Lipinski definition) is 1. The van der Waals surface area contributed by atoms with Gasteiger partial charge in [-0.1, -0.05) is 0 Å². The van der Waals surface area contributed by atoms with Gasteiger partial charge in [0, 0.05) is 6.54 Å². The predicted molar refractivity (Wildman–Crippen MR) is 42.8 cm³/mol. The van der Waals surface area contributed by atoms with Crippen LogP contribution in [-0.4, -0.2) is 39.0 Å². The molecule has 17 heavy (non-hydrogen) atoms. The van der Waals surface area contributed by atoms with Crippen molar-refractivity contribution in [3.8, 4) is 0 Å². The van der Waals surface area contributed by atoms with E-state index in [4.69, 9.17) is 0 Å². The lowest BCUT2D eigenvalue weighted by atomic mass is 10.8. The molecule has 0 saturated carbocycles. The minimum Gasteiger partial charge on any atom is -0.328 e. The molecule has 13 heteroatoms. The van der Waals surface area contributed by atoms with Gasteiger partial charge in [0.25, 0.3) is 19.7 Å². The summed E-state index contributed by atoms with van der Waals surface area (Å²) in [5.41, 5.74) is -7.91. The SMILES string of the molecule is NCC(S(=O)(=O)C(F)(F)F)S(=O)(=O)C(F)(F)F. The van der Waals surface area contributed by atoms with Crippen molar-refractivity contribution in [1.82, 2.24) is 0 Å². The highest BCUT2D eigenvalue weighted by Crippen LogP contribution is 2.35. The molecule has 0 fully saturated rings. The van der Waals surface area contributed by atoms with Crippen molar-refractivity contribution in [3.05, 3.63) is 0 Å². The molecule has 0 atom stereocenters. The molecule has 104 valence electrons. The molecule has 0 saturated heterocycles. The second kappa shape index (κ2) is 4.28. The second-order valence-electron chi connectivity index (χ2n) is 2.65. The van der Waals surface area contributed by atoms with E-state index in [1.54, 1.807) is 0 Å². The first-order valence-electron chi connectivity index (χ1n) is 3.50. The van der Waals surface area contributed by atoms with Crippen LogP contribution in [0.15, 0.2) is 0 Å². The molecule has 5 nitrogen and oxygen atoms in total. The summed E-state index contributed by atoms with van der Waals surface area (Å²) in [5.74, 6) is 0. The first-order valence-corrected chi connectivity index (χ1v) is 6.59. The number of hydrogen-bond acceptors (Lipinski definition) is 5. The Kier molecular flexibility index (Phi) is 4.13. The van der Waals surface area contributed by atoms with Gasteiger partial charge in [-0.2, -0.15) is 26.3 Å². The molecule has 0 radical (unpaired) electrons. The van der Waals surface area contributed by atoms with E-state index in [1.165, 1.54) is 0 Å². The molecule has 0 aliphatic heterocycles. The van der Waals surface area contributed by atoms with Gasteiger partial charge in [0.2, 0.25) is 0 Å². The molecule has 0 aromatic rings. The fourth-order valence-electron chi connectivity index (χ4n) is 0.718. The molecule has 0 aromatic carbocycles. The van der Waals surface area contributed by atoms with E-state index in [0.717, 1.165) is 0 Å². The van der Waals surface area contributed by atoms with Crippen LogP contribution in [0.3, 0.4) is 0 Å². The number of alkyl halides is 6. The van der Waals surface area contributed by atoms with E-state index in [2.05, 4.69) is 5.73 Å². The molecular formula is C4H5F6NO4S2. The Labute approximate surface area is 91.4 Å². The standard InChI is InChI=1S/C4H5F6NO4S2/c5-3(6,7)16(12,13)2(1-11)17(14,15)4(8,9)10/h2H,1,11H2. The third kappa shape index (κ3) is 2.82. The summed E-state index contributed by atoms with van der Waals surface area (Å²) in [6.45, 7) is -1.86. The zero-order valence-corrected chi connectivity index (χ0v) is 9.21. The van der Waals surface area contributed by atoms with Gasteiger partial charge in [-0.3, -0.25) is 0 Å². The van der Waals surface area contributed by atoms with Gasteiger partial charge < -0.3 is 5.73 Å². The lowest BCUT2D eigenvalue weighted by molar-refractivity contribution is -0.0470. The molecule has 0 amide bonds. The lowest BCUT2D eigenvalue weighted by Gasteiger charge is -2.19. The maximum atomic E-state index is 11.9. The highest BCUT2D eigenvalue weighted by Gasteiger charge is 2.62. The van der Waals surface area contributed by atoms with Crippen LogP contribution in [0.5, 0.6) is 0 Å². The second-order valence-corrected chi connectivity index (χ2v) is 7.19. The van der Waals surface area contributed by atoms with Gasteiger partial charge in [-0.05, 0) is 0 Å². The van der Waals surface area contributed by atoms with Crippen LogP contribution in [0.2, 0.25) is 0 Å². The fraction of sp³-hybridized carbons (Fsp3) is 1.00. The summed E-state index contributed by atoms with van der Waals surface area (Å²) in [7, 11) is -13.1. The summed E-state index contributed by atoms with van der Waals surface area (Å²) in [6, 6.07) is 0. The highest BCUT2D eigenvalue weighted by atomic mass is 32.3. The normalized spacial score (nSPS) is 15.3. The highest BCUT2D eigenvalue weighted by molar-refractivity contribution is 8.09. The van der Waals surface area contributed by atoms with Crippen LogP contribution in [0.1, 0.15) is 0 Å². The summed E-state index contributed by atoms with van der Waals surface area (Å²) in [5, 5.41) is 0. The first-order chi connectivity index (χ1) is 7.19. The Morgan fingerprint density at radius 3 is 1.18 bits per heavy atom. The third-order valence-corrected chi connectivity index (χ3v) is 6.11. The van der Waals surface area contributed by atoms with Gasteiger partial charge in [0.15, 0.2) is 4.58 Å². The van der Waals surface area contributed by atoms with Crippen LogP contribution in [-0.2, 0) is 19.7 Å². The summed E-state index contributed by atoms with van der Waals surface area (Å²) in [6.07, 6.45) is 0. The van der Waals surface area contributed by atoms with E-state index >= 15 is 0 Å². The monoisotopic (exact) mass is 309 g/mol. The van der Waals surface area contributed by atoms with Crippen molar-refractivity contribution < 1.29 is 43.2 Å². The predicted octanol–water partition coefficient (Wildman–Crippen LogP) is 0.140. The molecule has 0 bridgehead atoms. The van der Waals surface area contributed by atoms with E-state index in [0.29, 0.717) is 0 Å². The van der Waals surface area contributed by atoms with Crippen LogP contribution >= 0.6 is 0 Å². The minimum atomic E-state index is -6.56. The van der Waals surface area contributed by atoms with Crippen molar-refractivity contribution in [2.75, 3.05) is 6.54 Å². The summed E-state index contributed by atoms with van der Waals surface area (Å²) < 4.78 is 110. The third-order valence-electron chi connectivity index (χ3n) is 1.53. The van der Waals surface area contributed by atoms with Gasteiger partial charge in [-0.15, -0.1) is 0 Å². The van der Waals surface area contributed by atoms with Crippen molar-refractivity contribution >= 4 is 19.7 Å².